The molecule has 1 aliphatic rings. The van der Waals surface area contributed by atoms with Gasteiger partial charge in [-0.2, -0.15) is 5.10 Å². The second-order valence-electron chi connectivity index (χ2n) is 8.86. The van der Waals surface area contributed by atoms with Crippen LogP contribution in [0.15, 0.2) is 24.7 Å². The Bertz CT molecular complexity index is 790. The molecule has 3 rings (SSSR count). The minimum atomic E-state index is -0.320. The van der Waals surface area contributed by atoms with Gasteiger partial charge < -0.3 is 4.90 Å². The van der Waals surface area contributed by atoms with Crippen molar-refractivity contribution in [1.29, 1.82) is 0 Å². The number of hydrogen-bond acceptors (Lipinski definition) is 4. The highest BCUT2D eigenvalue weighted by molar-refractivity contribution is 5.81. The Balaban J connectivity index is 1.73. The van der Waals surface area contributed by atoms with Crippen LogP contribution in [0.5, 0.6) is 0 Å². The van der Waals surface area contributed by atoms with E-state index in [1.807, 2.05) is 42.6 Å². The van der Waals surface area contributed by atoms with Gasteiger partial charge in [-0.15, -0.1) is 0 Å². The molecule has 6 nitrogen and oxygen atoms in total. The van der Waals surface area contributed by atoms with Crippen LogP contribution in [0, 0.1) is 11.3 Å². The van der Waals surface area contributed by atoms with E-state index in [-0.39, 0.29) is 17.4 Å². The molecule has 0 spiro atoms. The molecule has 0 aliphatic carbocycles. The fraction of sp³-hybridized carbons (Fsp3) is 0.619. The van der Waals surface area contributed by atoms with E-state index < -0.39 is 0 Å². The molecule has 0 saturated carbocycles. The van der Waals surface area contributed by atoms with Crippen molar-refractivity contribution in [3.63, 3.8) is 0 Å². The van der Waals surface area contributed by atoms with Gasteiger partial charge in [0, 0.05) is 36.4 Å². The predicted octanol–water partition coefficient (Wildman–Crippen LogP) is 3.75. The van der Waals surface area contributed by atoms with Gasteiger partial charge in [-0.1, -0.05) is 20.8 Å². The van der Waals surface area contributed by atoms with E-state index in [9.17, 15) is 4.79 Å². The molecule has 0 N–H and O–H groups in total. The lowest BCUT2D eigenvalue weighted by Crippen LogP contribution is -2.45. The zero-order valence-corrected chi connectivity index (χ0v) is 17.1. The molecule has 1 fully saturated rings. The highest BCUT2D eigenvalue weighted by Crippen LogP contribution is 2.26. The van der Waals surface area contributed by atoms with E-state index in [2.05, 4.69) is 35.0 Å². The quantitative estimate of drug-likeness (QED) is 0.823. The predicted molar refractivity (Wildman–Crippen MR) is 106 cm³/mol. The average molecular weight is 370 g/mol. The number of nitrogens with zero attached hydrogens (tertiary/aromatic N) is 5. The zero-order chi connectivity index (χ0) is 19.6. The molecule has 3 heterocycles. The maximum absolute atomic E-state index is 12.6. The summed E-state index contributed by atoms with van der Waals surface area (Å²) in [5, 5.41) is 4.40. The first-order chi connectivity index (χ1) is 12.8. The molecule has 0 bridgehead atoms. The maximum atomic E-state index is 12.6. The van der Waals surface area contributed by atoms with Gasteiger partial charge >= 0.3 is 0 Å². The van der Waals surface area contributed by atoms with Gasteiger partial charge in [0.25, 0.3) is 0 Å². The fourth-order valence-corrected chi connectivity index (χ4v) is 3.76. The first-order valence-corrected chi connectivity index (χ1v) is 9.90. The third-order valence-corrected chi connectivity index (χ3v) is 5.09. The van der Waals surface area contributed by atoms with Gasteiger partial charge in [-0.3, -0.25) is 9.48 Å². The largest absolute Gasteiger partial charge is 0.342 e. The number of hydrogen-bond donors (Lipinski definition) is 0. The number of carbonyl (C=O) groups is 1. The number of rotatable bonds is 4. The van der Waals surface area contributed by atoms with Crippen LogP contribution in [-0.4, -0.2) is 43.6 Å². The van der Waals surface area contributed by atoms with E-state index in [1.54, 1.807) is 6.33 Å². The summed E-state index contributed by atoms with van der Waals surface area (Å²) in [7, 11) is 0. The van der Waals surface area contributed by atoms with Crippen LogP contribution in [0.1, 0.15) is 59.2 Å². The lowest BCUT2D eigenvalue weighted by Gasteiger charge is -2.36. The molecule has 6 heteroatoms. The van der Waals surface area contributed by atoms with Crippen LogP contribution in [-0.2, 0) is 11.2 Å². The normalized spacial score (nSPS) is 18.1. The van der Waals surface area contributed by atoms with Crippen LogP contribution in [0.25, 0.3) is 11.4 Å². The molecular weight excluding hydrogens is 338 g/mol. The Hall–Kier alpha value is -2.24. The van der Waals surface area contributed by atoms with E-state index in [4.69, 9.17) is 0 Å². The van der Waals surface area contributed by atoms with Crippen LogP contribution in [0.2, 0.25) is 0 Å². The summed E-state index contributed by atoms with van der Waals surface area (Å²) in [4.78, 5) is 23.6. The Morgan fingerprint density at radius 1 is 1.30 bits per heavy atom. The minimum Gasteiger partial charge on any atom is -0.342 e. The van der Waals surface area contributed by atoms with Gasteiger partial charge in [0.1, 0.15) is 6.33 Å². The van der Waals surface area contributed by atoms with Crippen molar-refractivity contribution in [3.8, 4) is 11.4 Å². The number of likely N-dealkylation sites (tertiary alicyclic amines) is 1. The van der Waals surface area contributed by atoms with Crippen LogP contribution in [0.4, 0.5) is 0 Å². The number of piperidine rings is 1. The van der Waals surface area contributed by atoms with Crippen molar-refractivity contribution in [2.75, 3.05) is 13.1 Å². The first-order valence-electron chi connectivity index (χ1n) is 9.90. The van der Waals surface area contributed by atoms with Crippen molar-refractivity contribution in [2.45, 2.75) is 59.9 Å². The third-order valence-electron chi connectivity index (χ3n) is 5.09. The lowest BCUT2D eigenvalue weighted by atomic mass is 9.89. The fourth-order valence-electron chi connectivity index (χ4n) is 3.76. The number of carbonyl (C=O) groups excluding carboxylic acids is 1. The SMILES string of the molecule is CC(C)n1nccc1-c1cc(C[C@H]2CCCN(C(=O)C(C)(C)C)C2)ncn1. The monoisotopic (exact) mass is 369 g/mol. The minimum absolute atomic E-state index is 0.247. The summed E-state index contributed by atoms with van der Waals surface area (Å²) in [6.45, 7) is 11.9. The molecule has 146 valence electrons. The molecule has 1 aliphatic heterocycles. The Morgan fingerprint density at radius 2 is 2.07 bits per heavy atom. The molecule has 1 saturated heterocycles. The molecule has 0 radical (unpaired) electrons. The van der Waals surface area contributed by atoms with Crippen molar-refractivity contribution in [2.24, 2.45) is 11.3 Å². The smallest absolute Gasteiger partial charge is 0.227 e. The molecule has 1 amide bonds. The summed E-state index contributed by atoms with van der Waals surface area (Å²) in [6, 6.07) is 4.35. The standard InChI is InChI=1S/C21H31N5O/c1-15(2)26-19(8-9-24-26)18-12-17(22-14-23-18)11-16-7-6-10-25(13-16)20(27)21(3,4)5/h8-9,12,14-16H,6-7,10-11,13H2,1-5H3/t16-/m1/s1. The molecule has 1 atom stereocenters. The van der Waals surface area contributed by atoms with E-state index in [0.717, 1.165) is 49.4 Å². The summed E-state index contributed by atoms with van der Waals surface area (Å²) < 4.78 is 1.98. The highest BCUT2D eigenvalue weighted by atomic mass is 16.2. The van der Waals surface area contributed by atoms with Gasteiger partial charge in [-0.05, 0) is 51.2 Å². The number of aromatic nitrogens is 4. The summed E-state index contributed by atoms with van der Waals surface area (Å²) in [6.07, 6.45) is 6.53. The van der Waals surface area contributed by atoms with Crippen molar-refractivity contribution in [3.05, 3.63) is 30.4 Å². The van der Waals surface area contributed by atoms with Crippen LogP contribution >= 0.6 is 0 Å². The van der Waals surface area contributed by atoms with E-state index >= 15 is 0 Å². The van der Waals surface area contributed by atoms with Gasteiger partial charge in [0.2, 0.25) is 5.91 Å². The topological polar surface area (TPSA) is 63.9 Å². The van der Waals surface area contributed by atoms with E-state index in [0.29, 0.717) is 5.92 Å². The van der Waals surface area contributed by atoms with Crippen molar-refractivity contribution < 1.29 is 4.79 Å². The third kappa shape index (κ3) is 4.54. The molecule has 0 aromatic carbocycles. The van der Waals surface area contributed by atoms with Crippen molar-refractivity contribution in [1.82, 2.24) is 24.6 Å². The van der Waals surface area contributed by atoms with Gasteiger partial charge in [0.15, 0.2) is 0 Å². The molecular formula is C21H31N5O. The van der Waals surface area contributed by atoms with Gasteiger partial charge in [0.05, 0.1) is 11.4 Å². The molecule has 0 unspecified atom stereocenters. The van der Waals surface area contributed by atoms with Crippen molar-refractivity contribution >= 4 is 5.91 Å². The Labute approximate surface area is 162 Å². The molecule has 2 aromatic rings. The second-order valence-corrected chi connectivity index (χ2v) is 8.86. The Morgan fingerprint density at radius 3 is 2.78 bits per heavy atom. The number of amides is 1. The Kier molecular flexibility index (Phi) is 5.63. The lowest BCUT2D eigenvalue weighted by molar-refractivity contribution is -0.141. The first kappa shape index (κ1) is 19.5. The zero-order valence-electron chi connectivity index (χ0n) is 17.1. The summed E-state index contributed by atoms with van der Waals surface area (Å²) in [5.74, 6) is 0.694. The highest BCUT2D eigenvalue weighted by Gasteiger charge is 2.31. The summed E-state index contributed by atoms with van der Waals surface area (Å²) >= 11 is 0. The van der Waals surface area contributed by atoms with E-state index in [1.165, 1.54) is 0 Å². The van der Waals surface area contributed by atoms with Crippen LogP contribution in [0.3, 0.4) is 0 Å². The summed E-state index contributed by atoms with van der Waals surface area (Å²) in [5.41, 5.74) is 2.64. The second kappa shape index (κ2) is 7.79. The molecule has 2 aromatic heterocycles. The van der Waals surface area contributed by atoms with Crippen LogP contribution < -0.4 is 0 Å². The van der Waals surface area contributed by atoms with Gasteiger partial charge in [-0.25, -0.2) is 9.97 Å². The molecule has 27 heavy (non-hydrogen) atoms. The average Bonchev–Trinajstić information content (AvgIpc) is 3.11. The maximum Gasteiger partial charge on any atom is 0.227 e.